The number of aromatic amines is 1. The Morgan fingerprint density at radius 2 is 1.93 bits per heavy atom. The van der Waals surface area contributed by atoms with E-state index in [4.69, 9.17) is 4.74 Å². The van der Waals surface area contributed by atoms with Crippen LogP contribution in [-0.4, -0.2) is 53.4 Å². The molecule has 7 nitrogen and oxygen atoms in total. The van der Waals surface area contributed by atoms with Crippen LogP contribution in [-0.2, 0) is 4.79 Å². The first-order valence-corrected chi connectivity index (χ1v) is 9.52. The van der Waals surface area contributed by atoms with Crippen molar-refractivity contribution in [2.45, 2.75) is 6.92 Å². The van der Waals surface area contributed by atoms with E-state index < -0.39 is 0 Å². The van der Waals surface area contributed by atoms with Gasteiger partial charge in [-0.1, -0.05) is 6.07 Å². The number of ether oxygens (including phenoxy) is 1. The van der Waals surface area contributed by atoms with E-state index in [-0.39, 0.29) is 29.9 Å². The van der Waals surface area contributed by atoms with Crippen LogP contribution in [0, 0.1) is 12.7 Å². The summed E-state index contributed by atoms with van der Waals surface area (Å²) in [5.41, 5.74) is 2.28. The number of benzene rings is 2. The zero-order chi connectivity index (χ0) is 21.3. The monoisotopic (exact) mass is 408 g/mol. The van der Waals surface area contributed by atoms with Gasteiger partial charge in [-0.2, -0.15) is 0 Å². The molecule has 8 heteroatoms. The number of hydrogen-bond acceptors (Lipinski definition) is 4. The summed E-state index contributed by atoms with van der Waals surface area (Å²) in [6.07, 6.45) is 0. The van der Waals surface area contributed by atoms with Gasteiger partial charge >= 0.3 is 0 Å². The first kappa shape index (κ1) is 19.6. The van der Waals surface area contributed by atoms with Gasteiger partial charge in [-0.25, -0.2) is 9.37 Å². The van der Waals surface area contributed by atoms with Crippen LogP contribution in [0.2, 0.25) is 0 Å². The molecule has 1 aliphatic rings. The summed E-state index contributed by atoms with van der Waals surface area (Å²) in [7, 11) is 1.57. The van der Waals surface area contributed by atoms with Gasteiger partial charge in [0.2, 0.25) is 5.91 Å². The number of nitrogens with one attached hydrogen (secondary N) is 1. The van der Waals surface area contributed by atoms with Gasteiger partial charge < -0.3 is 19.5 Å². The van der Waals surface area contributed by atoms with Crippen LogP contribution in [0.4, 0.5) is 10.1 Å². The third-order valence-corrected chi connectivity index (χ3v) is 5.08. The Morgan fingerprint density at radius 3 is 2.63 bits per heavy atom. The minimum atomic E-state index is -0.342. The average molecular weight is 408 g/mol. The highest BCUT2D eigenvalue weighted by Gasteiger charge is 2.30. The normalized spacial score (nSPS) is 14.2. The molecule has 1 fully saturated rings. The third-order valence-electron chi connectivity index (χ3n) is 5.08. The summed E-state index contributed by atoms with van der Waals surface area (Å²) in [4.78, 5) is 36.3. The number of anilines is 1. The van der Waals surface area contributed by atoms with Gasteiger partial charge in [-0.05, 0) is 43.3 Å². The zero-order valence-electron chi connectivity index (χ0n) is 16.7. The van der Waals surface area contributed by atoms with Crippen molar-refractivity contribution in [1.29, 1.82) is 0 Å². The predicted octanol–water partition coefficient (Wildman–Crippen LogP) is 3.02. The first-order valence-electron chi connectivity index (χ1n) is 9.52. The molecular formula is C22H21FN4O3. The van der Waals surface area contributed by atoms with Gasteiger partial charge in [0.15, 0.2) is 0 Å². The highest BCUT2D eigenvalue weighted by atomic mass is 19.1. The number of halogens is 1. The summed E-state index contributed by atoms with van der Waals surface area (Å²) >= 11 is 0. The molecule has 154 valence electrons. The molecule has 2 aromatic carbocycles. The number of aryl methyl sites for hydroxylation is 1. The van der Waals surface area contributed by atoms with Crippen molar-refractivity contribution in [3.63, 3.8) is 0 Å². The molecule has 1 saturated heterocycles. The lowest BCUT2D eigenvalue weighted by atomic mass is 10.2. The van der Waals surface area contributed by atoms with E-state index in [1.165, 1.54) is 17.0 Å². The van der Waals surface area contributed by atoms with Crippen molar-refractivity contribution >= 4 is 17.5 Å². The Bertz CT molecular complexity index is 1090. The summed E-state index contributed by atoms with van der Waals surface area (Å²) in [5.74, 6) is 0.327. The van der Waals surface area contributed by atoms with Gasteiger partial charge in [0, 0.05) is 36.1 Å². The van der Waals surface area contributed by atoms with Crippen LogP contribution in [0.1, 0.15) is 16.2 Å². The summed E-state index contributed by atoms with van der Waals surface area (Å²) in [6.45, 7) is 2.49. The standard InChI is InChI=1S/C22H21FN4O3/c1-14-20(25-21(24-14)15-6-8-16(23)9-7-15)22(29)26-10-11-27(19(28)13-26)17-4-3-5-18(12-17)30-2/h3-9,12H,10-11,13H2,1-2H3,(H,24,25). The van der Waals surface area contributed by atoms with E-state index in [2.05, 4.69) is 9.97 Å². The van der Waals surface area contributed by atoms with Gasteiger partial charge in [0.05, 0.1) is 7.11 Å². The molecule has 1 aromatic heterocycles. The van der Waals surface area contributed by atoms with Crippen LogP contribution in [0.5, 0.6) is 5.75 Å². The van der Waals surface area contributed by atoms with Crippen molar-refractivity contribution < 1.29 is 18.7 Å². The Kier molecular flexibility index (Phi) is 5.22. The molecule has 0 unspecified atom stereocenters. The number of carbonyl (C=O) groups is 2. The first-order chi connectivity index (χ1) is 14.5. The largest absolute Gasteiger partial charge is 0.497 e. The van der Waals surface area contributed by atoms with E-state index in [0.29, 0.717) is 35.9 Å². The smallest absolute Gasteiger partial charge is 0.274 e. The molecule has 1 N–H and O–H groups in total. The molecule has 0 bridgehead atoms. The predicted molar refractivity (Wildman–Crippen MR) is 110 cm³/mol. The summed E-state index contributed by atoms with van der Waals surface area (Å²) < 4.78 is 18.4. The Balaban J connectivity index is 1.50. The van der Waals surface area contributed by atoms with E-state index in [1.54, 1.807) is 37.1 Å². The lowest BCUT2D eigenvalue weighted by Crippen LogP contribution is -2.52. The molecule has 3 aromatic rings. The summed E-state index contributed by atoms with van der Waals surface area (Å²) in [6, 6.07) is 13.1. The number of aromatic nitrogens is 2. The summed E-state index contributed by atoms with van der Waals surface area (Å²) in [5, 5.41) is 0. The van der Waals surface area contributed by atoms with Gasteiger partial charge in [0.1, 0.15) is 29.6 Å². The Hall–Kier alpha value is -3.68. The molecule has 0 atom stereocenters. The molecule has 0 aliphatic carbocycles. The van der Waals surface area contributed by atoms with E-state index in [0.717, 1.165) is 5.69 Å². The number of carbonyl (C=O) groups excluding carboxylic acids is 2. The molecule has 2 heterocycles. The molecule has 1 aliphatic heterocycles. The number of imidazole rings is 1. The second-order valence-corrected chi connectivity index (χ2v) is 7.04. The van der Waals surface area contributed by atoms with Crippen molar-refractivity contribution in [3.05, 3.63) is 65.7 Å². The van der Waals surface area contributed by atoms with Crippen LogP contribution >= 0.6 is 0 Å². The molecular weight excluding hydrogens is 387 g/mol. The topological polar surface area (TPSA) is 78.5 Å². The minimum Gasteiger partial charge on any atom is -0.497 e. The van der Waals surface area contributed by atoms with Crippen LogP contribution in [0.15, 0.2) is 48.5 Å². The number of amides is 2. The number of methoxy groups -OCH3 is 1. The van der Waals surface area contributed by atoms with E-state index in [9.17, 15) is 14.0 Å². The molecule has 2 amide bonds. The van der Waals surface area contributed by atoms with Crippen molar-refractivity contribution in [3.8, 4) is 17.1 Å². The number of H-pyrrole nitrogens is 1. The van der Waals surface area contributed by atoms with Gasteiger partial charge in [-0.15, -0.1) is 0 Å². The molecule has 0 spiro atoms. The van der Waals surface area contributed by atoms with Crippen LogP contribution in [0.25, 0.3) is 11.4 Å². The van der Waals surface area contributed by atoms with Crippen LogP contribution in [0.3, 0.4) is 0 Å². The fraction of sp³-hybridized carbons (Fsp3) is 0.227. The maximum atomic E-state index is 13.2. The van der Waals surface area contributed by atoms with Gasteiger partial charge in [0.25, 0.3) is 5.91 Å². The molecule has 0 radical (unpaired) electrons. The molecule has 4 rings (SSSR count). The van der Waals surface area contributed by atoms with Gasteiger partial charge in [-0.3, -0.25) is 9.59 Å². The SMILES string of the molecule is COc1cccc(N2CCN(C(=O)c3nc(-c4ccc(F)cc4)[nH]c3C)CC2=O)c1. The fourth-order valence-electron chi connectivity index (χ4n) is 3.46. The number of hydrogen-bond donors (Lipinski definition) is 1. The Labute approximate surface area is 173 Å². The number of piperazine rings is 1. The third kappa shape index (κ3) is 3.76. The highest BCUT2D eigenvalue weighted by molar-refractivity contribution is 6.01. The van der Waals surface area contributed by atoms with Crippen molar-refractivity contribution in [1.82, 2.24) is 14.9 Å². The lowest BCUT2D eigenvalue weighted by Gasteiger charge is -2.34. The number of rotatable bonds is 4. The maximum absolute atomic E-state index is 13.2. The van der Waals surface area contributed by atoms with Crippen molar-refractivity contribution in [2.75, 3.05) is 31.6 Å². The average Bonchev–Trinajstić information content (AvgIpc) is 3.15. The number of nitrogens with zero attached hydrogens (tertiary/aromatic N) is 3. The second kappa shape index (κ2) is 7.98. The van der Waals surface area contributed by atoms with Crippen molar-refractivity contribution in [2.24, 2.45) is 0 Å². The van der Waals surface area contributed by atoms with Crippen LogP contribution < -0.4 is 9.64 Å². The molecule has 0 saturated carbocycles. The second-order valence-electron chi connectivity index (χ2n) is 7.04. The quantitative estimate of drug-likeness (QED) is 0.720. The fourth-order valence-corrected chi connectivity index (χ4v) is 3.46. The maximum Gasteiger partial charge on any atom is 0.274 e. The zero-order valence-corrected chi connectivity index (χ0v) is 16.7. The van der Waals surface area contributed by atoms with E-state index in [1.807, 2.05) is 18.2 Å². The minimum absolute atomic E-state index is 0.0335. The Morgan fingerprint density at radius 1 is 1.17 bits per heavy atom. The lowest BCUT2D eigenvalue weighted by molar-refractivity contribution is -0.120. The van der Waals surface area contributed by atoms with E-state index >= 15 is 0 Å². The highest BCUT2D eigenvalue weighted by Crippen LogP contribution is 2.24. The molecule has 30 heavy (non-hydrogen) atoms.